The summed E-state index contributed by atoms with van der Waals surface area (Å²) in [5.74, 6) is -1.01. The first-order valence-corrected chi connectivity index (χ1v) is 8.64. The maximum atomic E-state index is 12.9. The highest BCUT2D eigenvalue weighted by Gasteiger charge is 2.60. The van der Waals surface area contributed by atoms with Crippen molar-refractivity contribution in [1.82, 2.24) is 10.7 Å². The van der Waals surface area contributed by atoms with E-state index in [1.165, 1.54) is 24.3 Å². The Kier molecular flexibility index (Phi) is 4.21. The van der Waals surface area contributed by atoms with Gasteiger partial charge in [0.2, 0.25) is 17.7 Å². The number of carbonyl (C=O) groups excluding carboxylic acids is 3. The number of nitro groups is 1. The van der Waals surface area contributed by atoms with Gasteiger partial charge in [-0.05, 0) is 31.4 Å². The van der Waals surface area contributed by atoms with E-state index in [0.29, 0.717) is 24.9 Å². The van der Waals surface area contributed by atoms with E-state index >= 15 is 0 Å². The van der Waals surface area contributed by atoms with Crippen LogP contribution in [-0.4, -0.2) is 22.6 Å². The summed E-state index contributed by atoms with van der Waals surface area (Å²) in [7, 11) is 0. The zero-order valence-corrected chi connectivity index (χ0v) is 15.4. The zero-order chi connectivity index (χ0) is 20.0. The van der Waals surface area contributed by atoms with Crippen molar-refractivity contribution in [2.24, 2.45) is 16.2 Å². The number of anilines is 1. The number of hydrogen-bond donors (Lipinski definition) is 3. The summed E-state index contributed by atoms with van der Waals surface area (Å²) in [6.45, 7) is 5.31. The molecule has 2 aliphatic rings. The molecule has 1 aliphatic heterocycles. The molecule has 144 valence electrons. The van der Waals surface area contributed by atoms with Crippen LogP contribution in [0.1, 0.15) is 40.0 Å². The van der Waals surface area contributed by atoms with Crippen LogP contribution in [-0.2, 0) is 14.4 Å². The second-order valence-electron chi connectivity index (χ2n) is 8.38. The largest absolute Gasteiger partial charge is 0.299 e. The van der Waals surface area contributed by atoms with Crippen molar-refractivity contribution < 1.29 is 19.3 Å². The lowest BCUT2D eigenvalue weighted by molar-refractivity contribution is -0.384. The van der Waals surface area contributed by atoms with Crippen LogP contribution < -0.4 is 16.2 Å². The van der Waals surface area contributed by atoms with Gasteiger partial charge in [0.15, 0.2) is 0 Å². The highest BCUT2D eigenvalue weighted by molar-refractivity contribution is 6.04. The van der Waals surface area contributed by atoms with E-state index in [-0.39, 0.29) is 23.4 Å². The molecule has 1 heterocycles. The molecule has 9 heteroatoms. The van der Waals surface area contributed by atoms with Gasteiger partial charge in [0.1, 0.15) is 0 Å². The van der Waals surface area contributed by atoms with E-state index in [9.17, 15) is 24.5 Å². The lowest BCUT2D eigenvalue weighted by atomic mass is 9.52. The Morgan fingerprint density at radius 3 is 2.04 bits per heavy atom. The summed E-state index contributed by atoms with van der Waals surface area (Å²) in [5.41, 5.74) is 3.29. The molecule has 1 aromatic rings. The average molecular weight is 374 g/mol. The molecule has 2 unspecified atom stereocenters. The normalized spacial score (nSPS) is 32.4. The minimum atomic E-state index is -0.914. The Labute approximate surface area is 156 Å². The molecule has 27 heavy (non-hydrogen) atoms. The maximum absolute atomic E-state index is 12.9. The molecule has 0 aromatic heterocycles. The van der Waals surface area contributed by atoms with Crippen LogP contribution in [0, 0.1) is 26.4 Å². The van der Waals surface area contributed by atoms with Crippen molar-refractivity contribution in [3.05, 3.63) is 34.4 Å². The van der Waals surface area contributed by atoms with E-state index in [0.717, 1.165) is 0 Å². The molecule has 3 amide bonds. The number of carbonyl (C=O) groups is 3. The number of rotatable bonds is 4. The number of amides is 3. The van der Waals surface area contributed by atoms with E-state index in [4.69, 9.17) is 0 Å². The molecule has 0 radical (unpaired) electrons. The molecule has 1 aromatic carbocycles. The first-order valence-electron chi connectivity index (χ1n) is 8.64. The summed E-state index contributed by atoms with van der Waals surface area (Å²) in [6, 6.07) is 5.62. The third-order valence-electron chi connectivity index (χ3n) is 5.61. The van der Waals surface area contributed by atoms with E-state index in [1.54, 1.807) is 20.8 Å². The summed E-state index contributed by atoms with van der Waals surface area (Å²) < 4.78 is 0. The lowest BCUT2D eigenvalue weighted by Gasteiger charge is -2.53. The van der Waals surface area contributed by atoms with E-state index in [2.05, 4.69) is 16.2 Å². The fourth-order valence-electron chi connectivity index (χ4n) is 4.60. The fraction of sp³-hybridized carbons (Fsp3) is 0.500. The molecule has 2 bridgehead atoms. The predicted molar refractivity (Wildman–Crippen MR) is 96.2 cm³/mol. The Morgan fingerprint density at radius 1 is 1.04 bits per heavy atom. The molecule has 1 saturated heterocycles. The van der Waals surface area contributed by atoms with Crippen molar-refractivity contribution in [2.45, 2.75) is 40.0 Å². The number of nitro benzene ring substituents is 1. The molecule has 1 aliphatic carbocycles. The first-order chi connectivity index (χ1) is 12.5. The maximum Gasteiger partial charge on any atom is 0.269 e. The first kappa shape index (κ1) is 18.8. The molecule has 0 spiro atoms. The SMILES string of the molecule is CC1(C(=O)NNc2ccc([N+](=O)[O-])cc2)CC2(C)CC(C)(C1)C(=O)NC2=O. The number of benzene rings is 1. The number of nitrogens with one attached hydrogen (secondary N) is 3. The van der Waals surface area contributed by atoms with Crippen molar-refractivity contribution in [3.8, 4) is 0 Å². The second kappa shape index (κ2) is 6.04. The highest BCUT2D eigenvalue weighted by atomic mass is 16.6. The van der Waals surface area contributed by atoms with Crippen LogP contribution >= 0.6 is 0 Å². The van der Waals surface area contributed by atoms with Crippen LogP contribution in [0.2, 0.25) is 0 Å². The van der Waals surface area contributed by atoms with Crippen molar-refractivity contribution in [3.63, 3.8) is 0 Å². The number of imide groups is 1. The van der Waals surface area contributed by atoms with Gasteiger partial charge in [-0.25, -0.2) is 0 Å². The van der Waals surface area contributed by atoms with Crippen LogP contribution in [0.25, 0.3) is 0 Å². The number of hydrogen-bond acceptors (Lipinski definition) is 6. The molecule has 1 saturated carbocycles. The summed E-state index contributed by atoms with van der Waals surface area (Å²) in [5, 5.41) is 13.1. The van der Waals surface area contributed by atoms with Crippen LogP contribution in [0.5, 0.6) is 0 Å². The fourth-order valence-corrected chi connectivity index (χ4v) is 4.60. The Bertz CT molecular complexity index is 809. The van der Waals surface area contributed by atoms with Crippen molar-refractivity contribution >= 4 is 29.1 Å². The summed E-state index contributed by atoms with van der Waals surface area (Å²) in [6.07, 6.45) is 1.06. The van der Waals surface area contributed by atoms with Gasteiger partial charge < -0.3 is 0 Å². The van der Waals surface area contributed by atoms with Gasteiger partial charge in [-0.15, -0.1) is 0 Å². The number of fused-ring (bicyclic) bond motifs is 2. The van der Waals surface area contributed by atoms with Gasteiger partial charge in [0, 0.05) is 23.0 Å². The molecule has 2 fully saturated rings. The molecule has 3 rings (SSSR count). The molecular formula is C18H22N4O5. The molecule has 9 nitrogen and oxygen atoms in total. The van der Waals surface area contributed by atoms with Crippen LogP contribution in [0.3, 0.4) is 0 Å². The van der Waals surface area contributed by atoms with E-state index < -0.39 is 21.2 Å². The van der Waals surface area contributed by atoms with Gasteiger partial charge in [0.05, 0.1) is 16.0 Å². The lowest BCUT2D eigenvalue weighted by Crippen LogP contribution is -2.63. The van der Waals surface area contributed by atoms with Crippen LogP contribution in [0.4, 0.5) is 11.4 Å². The van der Waals surface area contributed by atoms with Gasteiger partial charge in [-0.2, -0.15) is 0 Å². The van der Waals surface area contributed by atoms with E-state index in [1.807, 2.05) is 0 Å². The molecule has 3 N–H and O–H groups in total. The van der Waals surface area contributed by atoms with Gasteiger partial charge >= 0.3 is 0 Å². The second-order valence-corrected chi connectivity index (χ2v) is 8.38. The quantitative estimate of drug-likeness (QED) is 0.419. The number of hydrazine groups is 1. The summed E-state index contributed by atoms with van der Waals surface area (Å²) in [4.78, 5) is 47.7. The monoisotopic (exact) mass is 374 g/mol. The topological polar surface area (TPSA) is 130 Å². The standard InChI is InChI=1S/C18H22N4O5/c1-16-8-17(2,14(24)19-13(16)23)10-18(3,9-16)15(25)21-20-11-4-6-12(7-5-11)22(26)27/h4-7,20H,8-10H2,1-3H3,(H,21,25)(H,19,23,24). The number of piperidine rings is 1. The van der Waals surface area contributed by atoms with Crippen molar-refractivity contribution in [2.75, 3.05) is 5.43 Å². The third-order valence-corrected chi connectivity index (χ3v) is 5.61. The Hall–Kier alpha value is -2.97. The van der Waals surface area contributed by atoms with Crippen molar-refractivity contribution in [1.29, 1.82) is 0 Å². The number of non-ortho nitro benzene ring substituents is 1. The average Bonchev–Trinajstić information content (AvgIpc) is 2.57. The Balaban J connectivity index is 1.74. The smallest absolute Gasteiger partial charge is 0.269 e. The van der Waals surface area contributed by atoms with Crippen LogP contribution in [0.15, 0.2) is 24.3 Å². The zero-order valence-electron chi connectivity index (χ0n) is 15.4. The summed E-state index contributed by atoms with van der Waals surface area (Å²) >= 11 is 0. The molecule has 2 atom stereocenters. The predicted octanol–water partition coefficient (Wildman–Crippen LogP) is 1.90. The highest BCUT2D eigenvalue weighted by Crippen LogP contribution is 2.56. The molecular weight excluding hydrogens is 352 g/mol. The van der Waals surface area contributed by atoms with Gasteiger partial charge in [-0.1, -0.05) is 20.8 Å². The van der Waals surface area contributed by atoms with Gasteiger partial charge in [-0.3, -0.25) is 40.7 Å². The van der Waals surface area contributed by atoms with Gasteiger partial charge in [0.25, 0.3) is 5.69 Å². The number of nitrogens with zero attached hydrogens (tertiary/aromatic N) is 1. The minimum absolute atomic E-state index is 0.0516. The Morgan fingerprint density at radius 2 is 1.56 bits per heavy atom. The third kappa shape index (κ3) is 3.24. The minimum Gasteiger partial charge on any atom is -0.299 e.